The number of hydrogen-bond donors (Lipinski definition) is 0. The SMILES string of the molecule is COc1nc(-c2cc(-c3ccoc3)n(Cc3ccccc3F)n2)ncc1F. The molecule has 8 heteroatoms. The number of nitrogens with zero attached hydrogens (tertiary/aromatic N) is 4. The first-order chi connectivity index (χ1) is 13.2. The second-order valence-corrected chi connectivity index (χ2v) is 5.73. The van der Waals surface area contributed by atoms with Crippen LogP contribution in [0.2, 0.25) is 0 Å². The van der Waals surface area contributed by atoms with Crippen molar-refractivity contribution < 1.29 is 17.9 Å². The molecular weight excluding hydrogens is 354 g/mol. The quantitative estimate of drug-likeness (QED) is 0.534. The highest BCUT2D eigenvalue weighted by Crippen LogP contribution is 2.27. The van der Waals surface area contributed by atoms with Crippen molar-refractivity contribution in [3.63, 3.8) is 0 Å². The number of rotatable bonds is 5. The number of furan rings is 1. The van der Waals surface area contributed by atoms with E-state index >= 15 is 0 Å². The van der Waals surface area contributed by atoms with Crippen molar-refractivity contribution in [2.24, 2.45) is 0 Å². The lowest BCUT2D eigenvalue weighted by Gasteiger charge is -2.07. The molecule has 0 spiro atoms. The van der Waals surface area contributed by atoms with Gasteiger partial charge in [0.1, 0.15) is 11.5 Å². The summed E-state index contributed by atoms with van der Waals surface area (Å²) < 4.78 is 39.3. The first-order valence-corrected chi connectivity index (χ1v) is 8.06. The van der Waals surface area contributed by atoms with Crippen LogP contribution in [-0.4, -0.2) is 26.9 Å². The van der Waals surface area contributed by atoms with Crippen LogP contribution < -0.4 is 4.74 Å². The molecule has 136 valence electrons. The van der Waals surface area contributed by atoms with Crippen LogP contribution in [0.4, 0.5) is 8.78 Å². The van der Waals surface area contributed by atoms with Crippen LogP contribution in [0.5, 0.6) is 5.88 Å². The van der Waals surface area contributed by atoms with Gasteiger partial charge in [0, 0.05) is 11.1 Å². The average Bonchev–Trinajstić information content (AvgIpc) is 3.34. The number of aromatic nitrogens is 4. The molecule has 0 aliphatic carbocycles. The van der Waals surface area contributed by atoms with Crippen LogP contribution in [0.15, 0.2) is 59.5 Å². The lowest BCUT2D eigenvalue weighted by molar-refractivity contribution is 0.367. The summed E-state index contributed by atoms with van der Waals surface area (Å²) in [6.45, 7) is 0.200. The Morgan fingerprint density at radius 2 is 2.00 bits per heavy atom. The molecule has 0 aliphatic heterocycles. The number of hydrogen-bond acceptors (Lipinski definition) is 5. The molecule has 0 radical (unpaired) electrons. The van der Waals surface area contributed by atoms with Gasteiger partial charge in [0.2, 0.25) is 5.82 Å². The zero-order valence-electron chi connectivity index (χ0n) is 14.3. The van der Waals surface area contributed by atoms with Crippen LogP contribution >= 0.6 is 0 Å². The fourth-order valence-electron chi connectivity index (χ4n) is 2.70. The monoisotopic (exact) mass is 368 g/mol. The minimum Gasteiger partial charge on any atom is -0.479 e. The van der Waals surface area contributed by atoms with Crippen LogP contribution in [0.25, 0.3) is 22.8 Å². The van der Waals surface area contributed by atoms with E-state index < -0.39 is 5.82 Å². The standard InChI is InChI=1S/C19H14F2N4O2/c1-26-19-15(21)9-22-18(23-19)16-8-17(13-6-7-27-11-13)25(24-16)10-12-4-2-3-5-14(12)20/h2-9,11H,10H2,1H3. The molecule has 3 heterocycles. The summed E-state index contributed by atoms with van der Waals surface area (Å²) in [6.07, 6.45) is 4.12. The van der Waals surface area contributed by atoms with Crippen molar-refractivity contribution in [2.45, 2.75) is 6.54 Å². The second kappa shape index (κ2) is 6.99. The lowest BCUT2D eigenvalue weighted by atomic mass is 10.2. The van der Waals surface area contributed by atoms with Gasteiger partial charge in [0.25, 0.3) is 5.88 Å². The molecule has 0 N–H and O–H groups in total. The summed E-state index contributed by atoms with van der Waals surface area (Å²) >= 11 is 0. The molecule has 0 fully saturated rings. The van der Waals surface area contributed by atoms with Crippen LogP contribution in [0, 0.1) is 11.6 Å². The first kappa shape index (κ1) is 16.9. The fraction of sp³-hybridized carbons (Fsp3) is 0.105. The van der Waals surface area contributed by atoms with Crippen molar-refractivity contribution in [1.29, 1.82) is 0 Å². The number of halogens is 2. The van der Waals surface area contributed by atoms with Crippen molar-refractivity contribution >= 4 is 0 Å². The molecule has 4 rings (SSSR count). The molecule has 0 saturated heterocycles. The van der Waals surface area contributed by atoms with Crippen molar-refractivity contribution in [2.75, 3.05) is 7.11 Å². The maximum Gasteiger partial charge on any atom is 0.253 e. The van der Waals surface area contributed by atoms with Gasteiger partial charge in [0.15, 0.2) is 5.82 Å². The van der Waals surface area contributed by atoms with Crippen LogP contribution in [0.3, 0.4) is 0 Å². The van der Waals surface area contributed by atoms with Crippen LogP contribution in [-0.2, 0) is 6.54 Å². The molecular formula is C19H14F2N4O2. The zero-order chi connectivity index (χ0) is 18.8. The Morgan fingerprint density at radius 1 is 1.15 bits per heavy atom. The Bertz CT molecular complexity index is 1080. The minimum absolute atomic E-state index is 0.173. The summed E-state index contributed by atoms with van der Waals surface area (Å²) in [5.41, 5.74) is 2.34. The maximum atomic E-state index is 14.1. The van der Waals surface area contributed by atoms with Crippen molar-refractivity contribution in [3.05, 3.63) is 72.3 Å². The summed E-state index contributed by atoms with van der Waals surface area (Å²) in [7, 11) is 1.32. The van der Waals surface area contributed by atoms with Gasteiger partial charge in [-0.05, 0) is 18.2 Å². The smallest absolute Gasteiger partial charge is 0.253 e. The average molecular weight is 368 g/mol. The van der Waals surface area contributed by atoms with Crippen molar-refractivity contribution in [1.82, 2.24) is 19.7 Å². The highest BCUT2D eigenvalue weighted by Gasteiger charge is 2.17. The zero-order valence-corrected chi connectivity index (χ0v) is 14.3. The van der Waals surface area contributed by atoms with E-state index in [2.05, 4.69) is 15.1 Å². The molecule has 0 unspecified atom stereocenters. The van der Waals surface area contributed by atoms with Gasteiger partial charge in [-0.2, -0.15) is 14.5 Å². The molecule has 0 aliphatic rings. The lowest BCUT2D eigenvalue weighted by Crippen LogP contribution is -2.05. The fourth-order valence-corrected chi connectivity index (χ4v) is 2.70. The normalized spacial score (nSPS) is 10.9. The largest absolute Gasteiger partial charge is 0.479 e. The summed E-state index contributed by atoms with van der Waals surface area (Å²) in [6, 6.07) is 9.97. The summed E-state index contributed by atoms with van der Waals surface area (Å²) in [5.74, 6) is -0.965. The predicted octanol–water partition coefficient (Wildman–Crippen LogP) is 3.94. The molecule has 0 bridgehead atoms. The molecule has 4 aromatic rings. The molecule has 27 heavy (non-hydrogen) atoms. The highest BCUT2D eigenvalue weighted by atomic mass is 19.1. The predicted molar refractivity (Wildman–Crippen MR) is 93.0 cm³/mol. The van der Waals surface area contributed by atoms with Gasteiger partial charge in [0.05, 0.1) is 38.1 Å². The van der Waals surface area contributed by atoms with Gasteiger partial charge in [-0.25, -0.2) is 9.37 Å². The minimum atomic E-state index is -0.665. The van der Waals surface area contributed by atoms with E-state index in [-0.39, 0.29) is 24.1 Å². The Hall–Kier alpha value is -3.55. The van der Waals surface area contributed by atoms with E-state index in [9.17, 15) is 8.78 Å². The Kier molecular flexibility index (Phi) is 4.37. The highest BCUT2D eigenvalue weighted by molar-refractivity contribution is 5.65. The van der Waals surface area contributed by atoms with Gasteiger partial charge in [-0.15, -0.1) is 0 Å². The molecule has 6 nitrogen and oxygen atoms in total. The van der Waals surface area contributed by atoms with Gasteiger partial charge < -0.3 is 9.15 Å². The van der Waals surface area contributed by atoms with Gasteiger partial charge in [-0.1, -0.05) is 18.2 Å². The molecule has 3 aromatic heterocycles. The van der Waals surface area contributed by atoms with Gasteiger partial charge in [-0.3, -0.25) is 4.68 Å². The van der Waals surface area contributed by atoms with E-state index in [1.807, 2.05) is 0 Å². The Morgan fingerprint density at radius 3 is 2.74 bits per heavy atom. The number of methoxy groups -OCH3 is 1. The van der Waals surface area contributed by atoms with E-state index in [0.717, 1.165) is 11.8 Å². The van der Waals surface area contributed by atoms with Crippen LogP contribution in [0.1, 0.15) is 5.56 Å². The molecule has 0 amide bonds. The summed E-state index contributed by atoms with van der Waals surface area (Å²) in [4.78, 5) is 8.02. The molecule has 1 aromatic carbocycles. The van der Waals surface area contributed by atoms with E-state index in [1.165, 1.54) is 19.4 Å². The molecule has 0 saturated carbocycles. The third-order valence-corrected chi connectivity index (χ3v) is 4.01. The number of ether oxygens (including phenoxy) is 1. The third-order valence-electron chi connectivity index (χ3n) is 4.01. The maximum absolute atomic E-state index is 14.1. The Balaban J connectivity index is 1.80. The third kappa shape index (κ3) is 3.29. The van der Waals surface area contributed by atoms with Gasteiger partial charge >= 0.3 is 0 Å². The van der Waals surface area contributed by atoms with E-state index in [1.54, 1.807) is 41.3 Å². The number of benzene rings is 1. The summed E-state index contributed by atoms with van der Waals surface area (Å²) in [5, 5.41) is 4.48. The first-order valence-electron chi connectivity index (χ1n) is 8.06. The topological polar surface area (TPSA) is 66.0 Å². The van der Waals surface area contributed by atoms with Crippen molar-refractivity contribution in [3.8, 4) is 28.7 Å². The Labute approximate surface area is 153 Å². The van der Waals surface area contributed by atoms with E-state index in [4.69, 9.17) is 9.15 Å². The molecule has 0 atom stereocenters. The van der Waals surface area contributed by atoms with E-state index in [0.29, 0.717) is 17.0 Å². The second-order valence-electron chi connectivity index (χ2n) is 5.73.